The van der Waals surface area contributed by atoms with Crippen LogP contribution in [0.25, 0.3) is 11.3 Å². The van der Waals surface area contributed by atoms with Crippen molar-refractivity contribution < 1.29 is 0 Å². The molecule has 0 fully saturated rings. The van der Waals surface area contributed by atoms with Crippen LogP contribution in [-0.2, 0) is 12.8 Å². The predicted octanol–water partition coefficient (Wildman–Crippen LogP) is 3.95. The normalized spacial score (nSPS) is 10.8. The maximum Gasteiger partial charge on any atom is 0.131 e. The van der Waals surface area contributed by atoms with Gasteiger partial charge in [-0.05, 0) is 24.0 Å². The summed E-state index contributed by atoms with van der Waals surface area (Å²) in [4.78, 5) is 9.08. The second-order valence-corrected chi connectivity index (χ2v) is 5.46. The highest BCUT2D eigenvalue weighted by atomic mass is 15.0. The number of aryl methyl sites for hydroxylation is 1. The number of anilines is 1. The minimum Gasteiger partial charge on any atom is -0.373 e. The molecule has 0 aliphatic heterocycles. The molecular formula is C17H23N3. The summed E-state index contributed by atoms with van der Waals surface area (Å²) in [6.07, 6.45) is 1.94. The monoisotopic (exact) mass is 269 g/mol. The van der Waals surface area contributed by atoms with E-state index < -0.39 is 0 Å². The second-order valence-electron chi connectivity index (χ2n) is 5.46. The smallest absolute Gasteiger partial charge is 0.131 e. The van der Waals surface area contributed by atoms with Crippen LogP contribution >= 0.6 is 0 Å². The quantitative estimate of drug-likeness (QED) is 0.893. The van der Waals surface area contributed by atoms with Crippen LogP contribution in [-0.4, -0.2) is 17.0 Å². The lowest BCUT2D eigenvalue weighted by molar-refractivity contribution is 0.647. The molecule has 20 heavy (non-hydrogen) atoms. The van der Waals surface area contributed by atoms with Crippen molar-refractivity contribution in [3.8, 4) is 11.3 Å². The Morgan fingerprint density at radius 3 is 2.60 bits per heavy atom. The molecule has 0 unspecified atom stereocenters. The Morgan fingerprint density at radius 1 is 1.15 bits per heavy atom. The van der Waals surface area contributed by atoms with Crippen molar-refractivity contribution in [1.82, 2.24) is 9.97 Å². The number of hydrogen-bond acceptors (Lipinski definition) is 3. The second kappa shape index (κ2) is 6.51. The van der Waals surface area contributed by atoms with Crippen molar-refractivity contribution in [2.45, 2.75) is 33.6 Å². The first-order chi connectivity index (χ1) is 9.62. The summed E-state index contributed by atoms with van der Waals surface area (Å²) in [7, 11) is 1.89. The highest BCUT2D eigenvalue weighted by molar-refractivity contribution is 5.63. The fourth-order valence-corrected chi connectivity index (χ4v) is 2.26. The molecule has 0 atom stereocenters. The van der Waals surface area contributed by atoms with Gasteiger partial charge in [0.15, 0.2) is 0 Å². The third kappa shape index (κ3) is 3.56. The summed E-state index contributed by atoms with van der Waals surface area (Å²) in [5.74, 6) is 2.41. The van der Waals surface area contributed by atoms with E-state index in [2.05, 4.69) is 60.3 Å². The highest BCUT2D eigenvalue weighted by Crippen LogP contribution is 2.22. The molecule has 0 saturated carbocycles. The molecule has 3 nitrogen and oxygen atoms in total. The molecule has 2 rings (SSSR count). The molecule has 1 aromatic heterocycles. The molecular weight excluding hydrogens is 246 g/mol. The van der Waals surface area contributed by atoms with Crippen molar-refractivity contribution in [2.75, 3.05) is 12.4 Å². The molecule has 0 radical (unpaired) electrons. The Balaban J connectivity index is 2.40. The fraction of sp³-hybridized carbons (Fsp3) is 0.412. The van der Waals surface area contributed by atoms with Gasteiger partial charge in [0.1, 0.15) is 11.6 Å². The molecule has 1 heterocycles. The van der Waals surface area contributed by atoms with Gasteiger partial charge in [0.2, 0.25) is 0 Å². The molecule has 1 N–H and O–H groups in total. The lowest BCUT2D eigenvalue weighted by Crippen LogP contribution is -2.01. The lowest BCUT2D eigenvalue weighted by Gasteiger charge is -2.09. The number of aromatic nitrogens is 2. The molecule has 0 bridgehead atoms. The predicted molar refractivity (Wildman–Crippen MR) is 84.9 cm³/mol. The van der Waals surface area contributed by atoms with Crippen LogP contribution in [0.1, 0.15) is 32.2 Å². The first kappa shape index (κ1) is 14.5. The molecule has 0 spiro atoms. The van der Waals surface area contributed by atoms with Crippen LogP contribution in [0.5, 0.6) is 0 Å². The van der Waals surface area contributed by atoms with Crippen molar-refractivity contribution in [3.63, 3.8) is 0 Å². The SMILES string of the molecule is CCc1nc(NC)cc(-c2cccc(CC(C)C)c2)n1. The number of nitrogens with one attached hydrogen (secondary N) is 1. The third-order valence-electron chi connectivity index (χ3n) is 3.21. The third-order valence-corrected chi connectivity index (χ3v) is 3.21. The Morgan fingerprint density at radius 2 is 1.95 bits per heavy atom. The molecule has 0 amide bonds. The van der Waals surface area contributed by atoms with Gasteiger partial charge in [-0.25, -0.2) is 9.97 Å². The van der Waals surface area contributed by atoms with Crippen molar-refractivity contribution in [2.24, 2.45) is 5.92 Å². The van der Waals surface area contributed by atoms with Crippen molar-refractivity contribution in [1.29, 1.82) is 0 Å². The molecule has 3 heteroatoms. The van der Waals surface area contributed by atoms with Crippen LogP contribution in [0, 0.1) is 5.92 Å². The summed E-state index contributed by atoms with van der Waals surface area (Å²) < 4.78 is 0. The van der Waals surface area contributed by atoms with Crippen LogP contribution in [0.15, 0.2) is 30.3 Å². The average molecular weight is 269 g/mol. The Hall–Kier alpha value is -1.90. The summed E-state index contributed by atoms with van der Waals surface area (Å²) >= 11 is 0. The van der Waals surface area contributed by atoms with Gasteiger partial charge in [0.05, 0.1) is 5.69 Å². The van der Waals surface area contributed by atoms with E-state index in [9.17, 15) is 0 Å². The molecule has 2 aromatic rings. The van der Waals surface area contributed by atoms with E-state index in [4.69, 9.17) is 0 Å². The van der Waals surface area contributed by atoms with Gasteiger partial charge < -0.3 is 5.32 Å². The van der Waals surface area contributed by atoms with Crippen molar-refractivity contribution in [3.05, 3.63) is 41.7 Å². The minimum absolute atomic E-state index is 0.662. The van der Waals surface area contributed by atoms with Crippen LogP contribution in [0.2, 0.25) is 0 Å². The summed E-state index contributed by atoms with van der Waals surface area (Å²) in [5.41, 5.74) is 3.52. The van der Waals surface area contributed by atoms with Gasteiger partial charge in [0, 0.05) is 25.1 Å². The van der Waals surface area contributed by atoms with Gasteiger partial charge in [-0.1, -0.05) is 39.0 Å². The van der Waals surface area contributed by atoms with E-state index in [1.165, 1.54) is 5.56 Å². The molecule has 106 valence electrons. The van der Waals surface area contributed by atoms with E-state index in [0.717, 1.165) is 35.7 Å². The molecule has 0 aliphatic carbocycles. The Labute approximate surface area is 121 Å². The zero-order chi connectivity index (χ0) is 14.5. The Bertz CT molecular complexity index is 554. The molecule has 0 saturated heterocycles. The van der Waals surface area contributed by atoms with Gasteiger partial charge in [0.25, 0.3) is 0 Å². The highest BCUT2D eigenvalue weighted by Gasteiger charge is 2.06. The van der Waals surface area contributed by atoms with E-state index in [1.807, 2.05) is 13.1 Å². The van der Waals surface area contributed by atoms with Gasteiger partial charge in [-0.3, -0.25) is 0 Å². The summed E-state index contributed by atoms with van der Waals surface area (Å²) in [6, 6.07) is 10.7. The molecule has 1 aromatic carbocycles. The largest absolute Gasteiger partial charge is 0.373 e. The van der Waals surface area contributed by atoms with Gasteiger partial charge >= 0.3 is 0 Å². The van der Waals surface area contributed by atoms with E-state index in [0.29, 0.717) is 5.92 Å². The zero-order valence-electron chi connectivity index (χ0n) is 12.8. The minimum atomic E-state index is 0.662. The standard InChI is InChI=1S/C17H23N3/c1-5-16-19-15(11-17(18-4)20-16)14-8-6-7-13(10-14)9-12(2)3/h6-8,10-12H,5,9H2,1-4H3,(H,18,19,20). The first-order valence-electron chi connectivity index (χ1n) is 7.27. The fourth-order valence-electron chi connectivity index (χ4n) is 2.26. The topological polar surface area (TPSA) is 37.8 Å². The lowest BCUT2D eigenvalue weighted by atomic mass is 10.00. The number of rotatable bonds is 5. The van der Waals surface area contributed by atoms with Crippen LogP contribution < -0.4 is 5.32 Å². The Kier molecular flexibility index (Phi) is 4.72. The number of benzene rings is 1. The number of hydrogen-bond donors (Lipinski definition) is 1. The van der Waals surface area contributed by atoms with Crippen LogP contribution in [0.3, 0.4) is 0 Å². The molecule has 0 aliphatic rings. The summed E-state index contributed by atoms with van der Waals surface area (Å²) in [5, 5.41) is 3.11. The maximum atomic E-state index is 4.64. The van der Waals surface area contributed by atoms with Crippen molar-refractivity contribution >= 4 is 5.82 Å². The van der Waals surface area contributed by atoms with E-state index in [-0.39, 0.29) is 0 Å². The van der Waals surface area contributed by atoms with Gasteiger partial charge in [-0.15, -0.1) is 0 Å². The zero-order valence-corrected chi connectivity index (χ0v) is 12.8. The average Bonchev–Trinajstić information content (AvgIpc) is 2.46. The number of nitrogens with zero attached hydrogens (tertiary/aromatic N) is 2. The first-order valence-corrected chi connectivity index (χ1v) is 7.27. The van der Waals surface area contributed by atoms with E-state index in [1.54, 1.807) is 0 Å². The van der Waals surface area contributed by atoms with Crippen LogP contribution in [0.4, 0.5) is 5.82 Å². The van der Waals surface area contributed by atoms with Gasteiger partial charge in [-0.2, -0.15) is 0 Å². The van der Waals surface area contributed by atoms with E-state index >= 15 is 0 Å². The maximum absolute atomic E-state index is 4.64. The summed E-state index contributed by atoms with van der Waals surface area (Å²) in [6.45, 7) is 6.56.